The molecule has 3 rings (SSSR count). The molecule has 0 radical (unpaired) electrons. The van der Waals surface area contributed by atoms with E-state index in [-0.39, 0.29) is 24.9 Å². The van der Waals surface area contributed by atoms with Crippen molar-refractivity contribution in [3.8, 4) is 17.6 Å². The SMILES string of the molecule is COc1ccc(C)cc1NC(=O)CNC(=O)CNc1cccc(C#Cc2ccccc2)c1. The van der Waals surface area contributed by atoms with E-state index in [4.69, 9.17) is 4.74 Å². The molecule has 2 amide bonds. The molecule has 0 saturated carbocycles. The van der Waals surface area contributed by atoms with E-state index in [1.807, 2.05) is 73.7 Å². The molecule has 0 saturated heterocycles. The molecule has 3 aromatic carbocycles. The number of carbonyl (C=O) groups excluding carboxylic acids is 2. The van der Waals surface area contributed by atoms with E-state index in [2.05, 4.69) is 27.8 Å². The average Bonchev–Trinajstić information content (AvgIpc) is 2.81. The molecule has 0 atom stereocenters. The Morgan fingerprint density at radius 2 is 1.59 bits per heavy atom. The van der Waals surface area contributed by atoms with Crippen LogP contribution < -0.4 is 20.7 Å². The molecule has 0 fully saturated rings. The molecular weight excluding hydrogens is 402 g/mol. The Labute approximate surface area is 188 Å². The number of ether oxygens (including phenoxy) is 1. The van der Waals surface area contributed by atoms with Gasteiger partial charge in [0.1, 0.15) is 5.75 Å². The molecule has 0 spiro atoms. The van der Waals surface area contributed by atoms with Crippen molar-refractivity contribution >= 4 is 23.2 Å². The van der Waals surface area contributed by atoms with Crippen molar-refractivity contribution in [1.29, 1.82) is 0 Å². The molecule has 0 unspecified atom stereocenters. The smallest absolute Gasteiger partial charge is 0.243 e. The van der Waals surface area contributed by atoms with E-state index in [9.17, 15) is 9.59 Å². The number of hydrogen-bond donors (Lipinski definition) is 3. The van der Waals surface area contributed by atoms with Crippen LogP contribution in [-0.2, 0) is 9.59 Å². The van der Waals surface area contributed by atoms with Gasteiger partial charge in [-0.05, 0) is 55.0 Å². The van der Waals surface area contributed by atoms with E-state index in [0.29, 0.717) is 11.4 Å². The third kappa shape index (κ3) is 6.92. The second-order valence-corrected chi connectivity index (χ2v) is 7.08. The van der Waals surface area contributed by atoms with Crippen molar-refractivity contribution in [2.24, 2.45) is 0 Å². The maximum atomic E-state index is 12.2. The number of hydrogen-bond acceptors (Lipinski definition) is 4. The van der Waals surface area contributed by atoms with Crippen LogP contribution in [0.3, 0.4) is 0 Å². The van der Waals surface area contributed by atoms with Crippen LogP contribution in [-0.4, -0.2) is 32.0 Å². The summed E-state index contributed by atoms with van der Waals surface area (Å²) in [5.74, 6) is 6.15. The first-order valence-electron chi connectivity index (χ1n) is 10.2. The van der Waals surface area contributed by atoms with Gasteiger partial charge in [0.2, 0.25) is 11.8 Å². The van der Waals surface area contributed by atoms with Crippen molar-refractivity contribution in [1.82, 2.24) is 5.32 Å². The molecule has 3 N–H and O–H groups in total. The second kappa shape index (κ2) is 11.2. The second-order valence-electron chi connectivity index (χ2n) is 7.08. The highest BCUT2D eigenvalue weighted by Crippen LogP contribution is 2.24. The van der Waals surface area contributed by atoms with Crippen LogP contribution in [0.4, 0.5) is 11.4 Å². The van der Waals surface area contributed by atoms with E-state index in [1.165, 1.54) is 7.11 Å². The highest BCUT2D eigenvalue weighted by Gasteiger charge is 2.09. The highest BCUT2D eigenvalue weighted by atomic mass is 16.5. The fraction of sp³-hybridized carbons (Fsp3) is 0.154. The molecule has 0 heterocycles. The number of benzene rings is 3. The van der Waals surface area contributed by atoms with Gasteiger partial charge < -0.3 is 20.7 Å². The summed E-state index contributed by atoms with van der Waals surface area (Å²) in [6, 6.07) is 22.7. The van der Waals surface area contributed by atoms with Crippen molar-refractivity contribution < 1.29 is 14.3 Å². The third-order valence-corrected chi connectivity index (χ3v) is 4.52. The monoisotopic (exact) mass is 427 g/mol. The lowest BCUT2D eigenvalue weighted by Crippen LogP contribution is -2.36. The van der Waals surface area contributed by atoms with Gasteiger partial charge in [0.15, 0.2) is 0 Å². The van der Waals surface area contributed by atoms with Crippen LogP contribution >= 0.6 is 0 Å². The Balaban J connectivity index is 1.47. The summed E-state index contributed by atoms with van der Waals surface area (Å²) in [7, 11) is 1.54. The molecule has 6 nitrogen and oxygen atoms in total. The number of aryl methyl sites for hydroxylation is 1. The third-order valence-electron chi connectivity index (χ3n) is 4.52. The quantitative estimate of drug-likeness (QED) is 0.504. The zero-order chi connectivity index (χ0) is 22.8. The van der Waals surface area contributed by atoms with E-state index < -0.39 is 0 Å². The summed E-state index contributed by atoms with van der Waals surface area (Å²) in [5.41, 5.74) is 4.11. The first-order valence-corrected chi connectivity index (χ1v) is 10.2. The number of carbonyl (C=O) groups is 2. The Hall–Kier alpha value is -4.24. The van der Waals surface area contributed by atoms with E-state index >= 15 is 0 Å². The van der Waals surface area contributed by atoms with Crippen LogP contribution in [0.2, 0.25) is 0 Å². The molecule has 6 heteroatoms. The largest absolute Gasteiger partial charge is 0.495 e. The zero-order valence-corrected chi connectivity index (χ0v) is 18.1. The number of amides is 2. The van der Waals surface area contributed by atoms with Gasteiger partial charge in [-0.15, -0.1) is 0 Å². The maximum absolute atomic E-state index is 12.2. The summed E-state index contributed by atoms with van der Waals surface area (Å²) in [5, 5.41) is 8.41. The van der Waals surface area contributed by atoms with Gasteiger partial charge >= 0.3 is 0 Å². The predicted molar refractivity (Wildman–Crippen MR) is 127 cm³/mol. The number of nitrogens with one attached hydrogen (secondary N) is 3. The van der Waals surface area contributed by atoms with Gasteiger partial charge in [-0.1, -0.05) is 42.2 Å². The fourth-order valence-corrected chi connectivity index (χ4v) is 2.91. The Morgan fingerprint density at radius 1 is 0.844 bits per heavy atom. The number of methoxy groups -OCH3 is 1. The van der Waals surface area contributed by atoms with Crippen molar-refractivity contribution in [3.05, 3.63) is 89.5 Å². The van der Waals surface area contributed by atoms with Crippen LogP contribution in [0.25, 0.3) is 0 Å². The predicted octanol–water partition coefficient (Wildman–Crippen LogP) is 3.57. The number of rotatable bonds is 7. The summed E-state index contributed by atoms with van der Waals surface area (Å²) < 4.78 is 5.24. The minimum absolute atomic E-state index is 0.0383. The fourth-order valence-electron chi connectivity index (χ4n) is 2.91. The Kier molecular flexibility index (Phi) is 7.88. The maximum Gasteiger partial charge on any atom is 0.243 e. The standard InChI is InChI=1S/C26H25N3O3/c1-19-11-14-24(32-2)23(15-19)29-26(31)18-28-25(30)17-27-22-10-6-9-21(16-22)13-12-20-7-4-3-5-8-20/h3-11,14-16,27H,17-18H2,1-2H3,(H,28,30)(H,29,31). The average molecular weight is 428 g/mol. The normalized spacial score (nSPS) is 9.81. The lowest BCUT2D eigenvalue weighted by atomic mass is 10.1. The minimum Gasteiger partial charge on any atom is -0.495 e. The van der Waals surface area contributed by atoms with Crippen LogP contribution in [0.5, 0.6) is 5.75 Å². The Morgan fingerprint density at radius 3 is 2.38 bits per heavy atom. The van der Waals surface area contributed by atoms with Crippen LogP contribution in [0.1, 0.15) is 16.7 Å². The highest BCUT2D eigenvalue weighted by molar-refractivity contribution is 5.96. The summed E-state index contributed by atoms with van der Waals surface area (Å²) in [4.78, 5) is 24.3. The van der Waals surface area contributed by atoms with Crippen molar-refractivity contribution in [2.75, 3.05) is 30.8 Å². The van der Waals surface area contributed by atoms with Gasteiger partial charge in [0.05, 0.1) is 25.9 Å². The molecule has 3 aromatic rings. The van der Waals surface area contributed by atoms with Crippen molar-refractivity contribution in [3.63, 3.8) is 0 Å². The molecule has 0 aliphatic carbocycles. The van der Waals surface area contributed by atoms with E-state index in [0.717, 1.165) is 22.4 Å². The first kappa shape index (κ1) is 22.4. The first-order chi connectivity index (χ1) is 15.5. The molecule has 0 aliphatic heterocycles. The lowest BCUT2D eigenvalue weighted by Gasteiger charge is -2.12. The topological polar surface area (TPSA) is 79.5 Å². The summed E-state index contributed by atoms with van der Waals surface area (Å²) >= 11 is 0. The molecule has 0 aromatic heterocycles. The zero-order valence-electron chi connectivity index (χ0n) is 18.1. The molecule has 0 bridgehead atoms. The molecular formula is C26H25N3O3. The summed E-state index contributed by atoms with van der Waals surface area (Å²) in [6.45, 7) is 1.82. The molecule has 0 aliphatic rings. The van der Waals surface area contributed by atoms with Gasteiger partial charge in [-0.3, -0.25) is 9.59 Å². The molecule has 162 valence electrons. The van der Waals surface area contributed by atoms with Crippen LogP contribution in [0, 0.1) is 18.8 Å². The van der Waals surface area contributed by atoms with E-state index in [1.54, 1.807) is 6.07 Å². The lowest BCUT2D eigenvalue weighted by molar-refractivity contribution is -0.122. The van der Waals surface area contributed by atoms with Gasteiger partial charge in [-0.25, -0.2) is 0 Å². The van der Waals surface area contributed by atoms with Gasteiger partial charge in [-0.2, -0.15) is 0 Å². The number of anilines is 2. The minimum atomic E-state index is -0.333. The van der Waals surface area contributed by atoms with Crippen LogP contribution in [0.15, 0.2) is 72.8 Å². The van der Waals surface area contributed by atoms with Crippen molar-refractivity contribution in [2.45, 2.75) is 6.92 Å². The molecule has 32 heavy (non-hydrogen) atoms. The summed E-state index contributed by atoms with van der Waals surface area (Å²) in [6.07, 6.45) is 0. The van der Waals surface area contributed by atoms with Gasteiger partial charge in [0, 0.05) is 16.8 Å². The Bertz CT molecular complexity index is 1150. The van der Waals surface area contributed by atoms with Gasteiger partial charge in [0.25, 0.3) is 0 Å².